The topological polar surface area (TPSA) is 66.0 Å². The number of amides is 1. The van der Waals surface area contributed by atoms with Gasteiger partial charge >= 0.3 is 0 Å². The molecule has 0 saturated carbocycles. The van der Waals surface area contributed by atoms with Gasteiger partial charge in [0, 0.05) is 16.8 Å². The van der Waals surface area contributed by atoms with Gasteiger partial charge in [0.05, 0.1) is 6.26 Å². The quantitative estimate of drug-likeness (QED) is 0.687. The Labute approximate surface area is 114 Å². The molecule has 19 heavy (non-hydrogen) atoms. The molecule has 1 amide bonds. The average molecular weight is 273 g/mol. The van der Waals surface area contributed by atoms with Crippen LogP contribution in [0, 0.1) is 11.3 Å². The molecular formula is C14H9ClN2O2. The molecule has 94 valence electrons. The Morgan fingerprint density at radius 3 is 2.84 bits per heavy atom. The summed E-state index contributed by atoms with van der Waals surface area (Å²) in [7, 11) is 0. The van der Waals surface area contributed by atoms with Gasteiger partial charge in [-0.15, -0.1) is 0 Å². The highest BCUT2D eigenvalue weighted by Gasteiger charge is 2.10. The minimum atomic E-state index is -0.513. The Balaban J connectivity index is 2.17. The van der Waals surface area contributed by atoms with E-state index in [1.165, 1.54) is 12.3 Å². The monoisotopic (exact) mass is 272 g/mol. The van der Waals surface area contributed by atoms with Crippen molar-refractivity contribution in [3.8, 4) is 6.07 Å². The van der Waals surface area contributed by atoms with Crippen LogP contribution in [0.1, 0.15) is 5.76 Å². The van der Waals surface area contributed by atoms with E-state index in [4.69, 9.17) is 21.3 Å². The van der Waals surface area contributed by atoms with Crippen molar-refractivity contribution < 1.29 is 9.21 Å². The second-order valence-electron chi connectivity index (χ2n) is 3.65. The van der Waals surface area contributed by atoms with Crippen LogP contribution in [0.4, 0.5) is 5.69 Å². The van der Waals surface area contributed by atoms with Gasteiger partial charge in [-0.2, -0.15) is 5.26 Å². The Bertz CT molecular complexity index is 654. The molecule has 1 N–H and O–H groups in total. The standard InChI is InChI=1S/C14H9ClN2O2/c15-11-3-1-4-12(8-11)17-14(18)10(9-16)7-13-5-2-6-19-13/h1-8H,(H,17,18)/b10-7+. The molecule has 0 aliphatic rings. The van der Waals surface area contributed by atoms with Gasteiger partial charge in [0.2, 0.25) is 0 Å². The van der Waals surface area contributed by atoms with Crippen LogP contribution >= 0.6 is 11.6 Å². The number of rotatable bonds is 3. The number of nitriles is 1. The van der Waals surface area contributed by atoms with E-state index in [2.05, 4.69) is 5.32 Å². The maximum Gasteiger partial charge on any atom is 0.266 e. The molecule has 5 heteroatoms. The minimum Gasteiger partial charge on any atom is -0.465 e. The first-order chi connectivity index (χ1) is 9.19. The van der Waals surface area contributed by atoms with Crippen molar-refractivity contribution in [1.82, 2.24) is 0 Å². The van der Waals surface area contributed by atoms with Gasteiger partial charge < -0.3 is 9.73 Å². The summed E-state index contributed by atoms with van der Waals surface area (Å²) in [6.07, 6.45) is 2.84. The fraction of sp³-hybridized carbons (Fsp3) is 0. The molecule has 0 aliphatic carbocycles. The molecule has 0 aliphatic heterocycles. The van der Waals surface area contributed by atoms with Crippen LogP contribution < -0.4 is 5.32 Å². The maximum absolute atomic E-state index is 11.9. The fourth-order valence-electron chi connectivity index (χ4n) is 1.43. The molecule has 4 nitrogen and oxygen atoms in total. The third kappa shape index (κ3) is 3.47. The minimum absolute atomic E-state index is 0.0464. The predicted molar refractivity (Wildman–Crippen MR) is 72.4 cm³/mol. The SMILES string of the molecule is N#C/C(=C\c1ccco1)C(=O)Nc1cccc(Cl)c1. The summed E-state index contributed by atoms with van der Waals surface area (Å²) in [6.45, 7) is 0. The summed E-state index contributed by atoms with van der Waals surface area (Å²) < 4.78 is 5.06. The Kier molecular flexibility index (Phi) is 4.01. The van der Waals surface area contributed by atoms with E-state index in [1.54, 1.807) is 36.4 Å². The number of carbonyl (C=O) groups excluding carboxylic acids is 1. The van der Waals surface area contributed by atoms with Crippen molar-refractivity contribution in [3.63, 3.8) is 0 Å². The summed E-state index contributed by atoms with van der Waals surface area (Å²) in [5.74, 6) is -0.0704. The molecule has 0 bridgehead atoms. The molecule has 0 fully saturated rings. The van der Waals surface area contributed by atoms with Crippen LogP contribution in [0.5, 0.6) is 0 Å². The number of furan rings is 1. The first-order valence-corrected chi connectivity index (χ1v) is 5.79. The van der Waals surface area contributed by atoms with Crippen LogP contribution in [0.2, 0.25) is 5.02 Å². The van der Waals surface area contributed by atoms with Gasteiger partial charge in [-0.3, -0.25) is 4.79 Å². The smallest absolute Gasteiger partial charge is 0.266 e. The summed E-state index contributed by atoms with van der Waals surface area (Å²) in [5, 5.41) is 12.1. The largest absolute Gasteiger partial charge is 0.465 e. The van der Waals surface area contributed by atoms with Gasteiger partial charge in [-0.1, -0.05) is 17.7 Å². The third-order valence-electron chi connectivity index (χ3n) is 2.28. The second kappa shape index (κ2) is 5.89. The zero-order valence-corrected chi connectivity index (χ0v) is 10.5. The summed E-state index contributed by atoms with van der Waals surface area (Å²) in [4.78, 5) is 11.9. The highest BCUT2D eigenvalue weighted by Crippen LogP contribution is 2.16. The van der Waals surface area contributed by atoms with Gasteiger partial charge in [0.1, 0.15) is 17.4 Å². The summed E-state index contributed by atoms with van der Waals surface area (Å²) >= 11 is 5.81. The number of benzene rings is 1. The molecule has 0 atom stereocenters. The molecule has 0 radical (unpaired) electrons. The normalized spacial score (nSPS) is 10.8. The summed E-state index contributed by atoms with van der Waals surface area (Å²) in [5.41, 5.74) is 0.480. The maximum atomic E-state index is 11.9. The lowest BCUT2D eigenvalue weighted by Gasteiger charge is -2.03. The average Bonchev–Trinajstić information content (AvgIpc) is 2.88. The molecule has 1 aromatic heterocycles. The van der Waals surface area contributed by atoms with Crippen molar-refractivity contribution in [2.75, 3.05) is 5.32 Å². The van der Waals surface area contributed by atoms with Gasteiger partial charge in [0.25, 0.3) is 5.91 Å². The fourth-order valence-corrected chi connectivity index (χ4v) is 1.62. The first kappa shape index (κ1) is 12.9. The van der Waals surface area contributed by atoms with E-state index in [9.17, 15) is 4.79 Å². The van der Waals surface area contributed by atoms with Crippen LogP contribution in [0.25, 0.3) is 6.08 Å². The number of nitrogens with zero attached hydrogens (tertiary/aromatic N) is 1. The molecular weight excluding hydrogens is 264 g/mol. The van der Waals surface area contributed by atoms with Crippen molar-refractivity contribution in [1.29, 1.82) is 5.26 Å². The number of nitrogens with one attached hydrogen (secondary N) is 1. The van der Waals surface area contributed by atoms with E-state index in [1.807, 2.05) is 6.07 Å². The molecule has 1 aromatic carbocycles. The number of hydrogen-bond donors (Lipinski definition) is 1. The van der Waals surface area contributed by atoms with Crippen molar-refractivity contribution in [2.45, 2.75) is 0 Å². The predicted octanol–water partition coefficient (Wildman–Crippen LogP) is 3.48. The van der Waals surface area contributed by atoms with Crippen molar-refractivity contribution >= 4 is 29.3 Å². The number of halogens is 1. The third-order valence-corrected chi connectivity index (χ3v) is 2.51. The Morgan fingerprint density at radius 1 is 1.37 bits per heavy atom. The highest BCUT2D eigenvalue weighted by atomic mass is 35.5. The number of carbonyl (C=O) groups is 1. The first-order valence-electron chi connectivity index (χ1n) is 5.41. The van der Waals surface area contributed by atoms with Crippen LogP contribution in [-0.4, -0.2) is 5.91 Å². The Morgan fingerprint density at radius 2 is 2.21 bits per heavy atom. The second-order valence-corrected chi connectivity index (χ2v) is 4.09. The molecule has 1 heterocycles. The lowest BCUT2D eigenvalue weighted by Crippen LogP contribution is -2.13. The lowest BCUT2D eigenvalue weighted by atomic mass is 10.2. The van der Waals surface area contributed by atoms with E-state index in [-0.39, 0.29) is 5.57 Å². The Hall–Kier alpha value is -2.51. The van der Waals surface area contributed by atoms with Crippen molar-refractivity contribution in [3.05, 3.63) is 59.0 Å². The van der Waals surface area contributed by atoms with Crippen molar-refractivity contribution in [2.24, 2.45) is 0 Å². The van der Waals surface area contributed by atoms with Gasteiger partial charge in [-0.05, 0) is 30.3 Å². The van der Waals surface area contributed by atoms with E-state index in [0.29, 0.717) is 16.5 Å². The highest BCUT2D eigenvalue weighted by molar-refractivity contribution is 6.31. The molecule has 2 aromatic rings. The lowest BCUT2D eigenvalue weighted by molar-refractivity contribution is -0.112. The van der Waals surface area contributed by atoms with Crippen LogP contribution in [-0.2, 0) is 4.79 Å². The molecule has 0 spiro atoms. The van der Waals surface area contributed by atoms with Gasteiger partial charge in [-0.25, -0.2) is 0 Å². The number of hydrogen-bond acceptors (Lipinski definition) is 3. The van der Waals surface area contributed by atoms with Gasteiger partial charge in [0.15, 0.2) is 0 Å². The summed E-state index contributed by atoms with van der Waals surface area (Å²) in [6, 6.07) is 11.9. The van der Waals surface area contributed by atoms with E-state index < -0.39 is 5.91 Å². The molecule has 2 rings (SSSR count). The van der Waals surface area contributed by atoms with Crippen LogP contribution in [0.15, 0.2) is 52.7 Å². The van der Waals surface area contributed by atoms with E-state index >= 15 is 0 Å². The zero-order valence-electron chi connectivity index (χ0n) is 9.76. The molecule has 0 saturated heterocycles. The number of anilines is 1. The van der Waals surface area contributed by atoms with E-state index in [0.717, 1.165) is 0 Å². The zero-order chi connectivity index (χ0) is 13.7. The molecule has 0 unspecified atom stereocenters. The van der Waals surface area contributed by atoms with Crippen LogP contribution in [0.3, 0.4) is 0 Å².